The fraction of sp³-hybridized carbons (Fsp3) is 0.125. The number of carbonyl (C=O) groups excluding carboxylic acids is 1. The van der Waals surface area contributed by atoms with E-state index in [1.165, 1.54) is 24.5 Å². The van der Waals surface area contributed by atoms with E-state index in [0.717, 1.165) is 28.3 Å². The SMILES string of the molecule is CCOC(=O)c1cc(Cl)c(O)c(S(=O)(=O)Nc2cc(-c3cc4ccccc4s3)c(F)cc2OC)c1. The van der Waals surface area contributed by atoms with Crippen LogP contribution in [0.15, 0.2) is 59.5 Å². The lowest BCUT2D eigenvalue weighted by Gasteiger charge is -2.15. The highest BCUT2D eigenvalue weighted by atomic mass is 35.5. The standard InChI is InChI=1S/C24H19ClFNO6S2/c1-3-33-24(29)14-8-16(25)23(28)22(10-14)35(30,31)27-18-11-15(17(26)12-19(18)32-2)21-9-13-6-4-5-7-20(13)34-21/h4-12,27-28H,3H2,1-2H3. The van der Waals surface area contributed by atoms with E-state index in [0.29, 0.717) is 4.88 Å². The van der Waals surface area contributed by atoms with Crippen molar-refractivity contribution in [2.45, 2.75) is 11.8 Å². The van der Waals surface area contributed by atoms with Crippen LogP contribution in [0.1, 0.15) is 17.3 Å². The number of nitrogens with one attached hydrogen (secondary N) is 1. The van der Waals surface area contributed by atoms with Gasteiger partial charge in [0.05, 0.1) is 30.0 Å². The van der Waals surface area contributed by atoms with Crippen LogP contribution in [0.4, 0.5) is 10.1 Å². The Balaban J connectivity index is 1.79. The van der Waals surface area contributed by atoms with Crippen LogP contribution in [0.25, 0.3) is 20.5 Å². The number of hydrogen-bond donors (Lipinski definition) is 2. The Morgan fingerprint density at radius 2 is 1.91 bits per heavy atom. The molecule has 0 fully saturated rings. The zero-order valence-electron chi connectivity index (χ0n) is 18.5. The zero-order valence-corrected chi connectivity index (χ0v) is 20.9. The highest BCUT2D eigenvalue weighted by Crippen LogP contribution is 2.40. The van der Waals surface area contributed by atoms with Crippen molar-refractivity contribution in [1.29, 1.82) is 0 Å². The molecule has 0 amide bonds. The zero-order chi connectivity index (χ0) is 25.3. The van der Waals surface area contributed by atoms with Gasteiger partial charge >= 0.3 is 5.97 Å². The summed E-state index contributed by atoms with van der Waals surface area (Å²) in [5, 5.41) is 10.9. The van der Waals surface area contributed by atoms with Gasteiger partial charge in [0.1, 0.15) is 16.5 Å². The summed E-state index contributed by atoms with van der Waals surface area (Å²) in [6.07, 6.45) is 0. The molecule has 0 unspecified atom stereocenters. The lowest BCUT2D eigenvalue weighted by Crippen LogP contribution is -2.15. The van der Waals surface area contributed by atoms with Gasteiger partial charge in [0.25, 0.3) is 10.0 Å². The van der Waals surface area contributed by atoms with E-state index in [1.807, 2.05) is 24.3 Å². The molecule has 0 radical (unpaired) electrons. The first kappa shape index (κ1) is 24.8. The number of benzene rings is 3. The third kappa shape index (κ3) is 4.90. The van der Waals surface area contributed by atoms with Gasteiger partial charge in [-0.2, -0.15) is 0 Å². The van der Waals surface area contributed by atoms with Crippen LogP contribution >= 0.6 is 22.9 Å². The molecule has 1 heterocycles. The molecule has 182 valence electrons. The Morgan fingerprint density at radius 1 is 1.17 bits per heavy atom. The highest BCUT2D eigenvalue weighted by Gasteiger charge is 2.26. The maximum absolute atomic E-state index is 15.0. The van der Waals surface area contributed by atoms with Gasteiger partial charge in [0.2, 0.25) is 0 Å². The van der Waals surface area contributed by atoms with Crippen molar-refractivity contribution < 1.29 is 32.2 Å². The molecule has 2 N–H and O–H groups in total. The smallest absolute Gasteiger partial charge is 0.338 e. The van der Waals surface area contributed by atoms with Crippen LogP contribution in [0.5, 0.6) is 11.5 Å². The number of hydrogen-bond acceptors (Lipinski definition) is 7. The molecule has 0 atom stereocenters. The fourth-order valence-corrected chi connectivity index (χ4v) is 5.98. The predicted octanol–water partition coefficient (Wildman–Crippen LogP) is 6.05. The third-order valence-corrected chi connectivity index (χ3v) is 7.87. The molecular formula is C24H19ClFNO6S2. The lowest BCUT2D eigenvalue weighted by atomic mass is 10.1. The van der Waals surface area contributed by atoms with E-state index in [1.54, 1.807) is 13.0 Å². The molecule has 0 bridgehead atoms. The summed E-state index contributed by atoms with van der Waals surface area (Å²) >= 11 is 7.32. The summed E-state index contributed by atoms with van der Waals surface area (Å²) in [6, 6.07) is 13.8. The minimum absolute atomic E-state index is 0.0605. The van der Waals surface area contributed by atoms with Gasteiger partial charge in [0, 0.05) is 21.2 Å². The van der Waals surface area contributed by atoms with Crippen molar-refractivity contribution >= 4 is 54.7 Å². The first-order valence-corrected chi connectivity index (χ1v) is 12.9. The Labute approximate surface area is 209 Å². The summed E-state index contributed by atoms with van der Waals surface area (Å²) in [6.45, 7) is 1.65. The molecule has 3 aromatic carbocycles. The number of anilines is 1. The van der Waals surface area contributed by atoms with Crippen LogP contribution < -0.4 is 9.46 Å². The van der Waals surface area contributed by atoms with Gasteiger partial charge in [-0.1, -0.05) is 29.8 Å². The Morgan fingerprint density at radius 3 is 2.60 bits per heavy atom. The Kier molecular flexibility index (Phi) is 6.88. The quantitative estimate of drug-likeness (QED) is 0.279. The molecular weight excluding hydrogens is 517 g/mol. The maximum Gasteiger partial charge on any atom is 0.338 e. The minimum Gasteiger partial charge on any atom is -0.505 e. The number of phenolic OH excluding ortho intramolecular Hbond substituents is 1. The second kappa shape index (κ2) is 9.73. The molecule has 0 aliphatic rings. The number of thiophene rings is 1. The molecule has 0 spiro atoms. The fourth-order valence-electron chi connectivity index (χ4n) is 3.42. The van der Waals surface area contributed by atoms with Gasteiger partial charge in [0.15, 0.2) is 5.75 Å². The van der Waals surface area contributed by atoms with Crippen molar-refractivity contribution in [1.82, 2.24) is 0 Å². The number of aromatic hydroxyl groups is 1. The van der Waals surface area contributed by atoms with Gasteiger partial charge in [-0.25, -0.2) is 17.6 Å². The van der Waals surface area contributed by atoms with Gasteiger partial charge in [-0.05, 0) is 42.6 Å². The van der Waals surface area contributed by atoms with E-state index in [2.05, 4.69) is 4.72 Å². The van der Waals surface area contributed by atoms with E-state index in [9.17, 15) is 22.7 Å². The third-order valence-electron chi connectivity index (χ3n) is 5.05. The van der Waals surface area contributed by atoms with Gasteiger partial charge < -0.3 is 14.6 Å². The summed E-state index contributed by atoms with van der Waals surface area (Å²) in [5.74, 6) is -2.25. The number of phenols is 1. The van der Waals surface area contributed by atoms with Gasteiger partial charge in [-0.15, -0.1) is 11.3 Å². The first-order chi connectivity index (χ1) is 16.6. The molecule has 11 heteroatoms. The average Bonchev–Trinajstić information content (AvgIpc) is 3.25. The molecule has 0 saturated carbocycles. The lowest BCUT2D eigenvalue weighted by molar-refractivity contribution is 0.0526. The number of ether oxygens (including phenoxy) is 2. The summed E-state index contributed by atoms with van der Waals surface area (Å²) < 4.78 is 54.7. The monoisotopic (exact) mass is 535 g/mol. The molecule has 4 rings (SSSR count). The average molecular weight is 536 g/mol. The normalized spacial score (nSPS) is 11.4. The molecule has 7 nitrogen and oxygen atoms in total. The number of sulfonamides is 1. The van der Waals surface area contributed by atoms with Gasteiger partial charge in [-0.3, -0.25) is 4.72 Å². The molecule has 0 aliphatic heterocycles. The number of halogens is 2. The molecule has 35 heavy (non-hydrogen) atoms. The van der Waals surface area contributed by atoms with Crippen molar-refractivity contribution in [2.75, 3.05) is 18.4 Å². The second-order valence-corrected chi connectivity index (χ2v) is 10.5. The van der Waals surface area contributed by atoms with E-state index < -0.39 is 32.5 Å². The largest absolute Gasteiger partial charge is 0.505 e. The van der Waals surface area contributed by atoms with Crippen LogP contribution in [0, 0.1) is 5.82 Å². The number of esters is 1. The van der Waals surface area contributed by atoms with Crippen LogP contribution in [-0.4, -0.2) is 33.2 Å². The number of fused-ring (bicyclic) bond motifs is 1. The van der Waals surface area contributed by atoms with Crippen molar-refractivity contribution in [3.05, 3.63) is 71.0 Å². The highest BCUT2D eigenvalue weighted by molar-refractivity contribution is 7.92. The minimum atomic E-state index is -4.50. The summed E-state index contributed by atoms with van der Waals surface area (Å²) in [4.78, 5) is 12.1. The van der Waals surface area contributed by atoms with E-state index in [-0.39, 0.29) is 34.2 Å². The molecule has 1 aromatic heterocycles. The Hall–Kier alpha value is -3.34. The molecule has 0 aliphatic carbocycles. The van der Waals surface area contributed by atoms with Crippen molar-refractivity contribution in [2.24, 2.45) is 0 Å². The predicted molar refractivity (Wildman–Crippen MR) is 134 cm³/mol. The number of rotatable bonds is 7. The maximum atomic E-state index is 15.0. The van der Waals surface area contributed by atoms with Crippen molar-refractivity contribution in [3.63, 3.8) is 0 Å². The molecule has 0 saturated heterocycles. The van der Waals surface area contributed by atoms with Crippen molar-refractivity contribution in [3.8, 4) is 21.9 Å². The molecule has 4 aromatic rings. The van der Waals surface area contributed by atoms with E-state index >= 15 is 0 Å². The Bertz CT molecular complexity index is 1520. The summed E-state index contributed by atoms with van der Waals surface area (Å²) in [7, 11) is -3.23. The number of carbonyl (C=O) groups is 1. The topological polar surface area (TPSA) is 102 Å². The number of methoxy groups -OCH3 is 1. The first-order valence-electron chi connectivity index (χ1n) is 10.2. The second-order valence-electron chi connectivity index (χ2n) is 7.31. The van der Waals surface area contributed by atoms with Crippen LogP contribution in [0.2, 0.25) is 5.02 Å². The van der Waals surface area contributed by atoms with E-state index in [4.69, 9.17) is 21.1 Å². The van der Waals surface area contributed by atoms with Crippen LogP contribution in [0.3, 0.4) is 0 Å². The van der Waals surface area contributed by atoms with Crippen LogP contribution in [-0.2, 0) is 14.8 Å². The summed E-state index contributed by atoms with van der Waals surface area (Å²) in [5.41, 5.74) is -0.0716.